The zero-order valence-corrected chi connectivity index (χ0v) is 17.0. The molecule has 2 aromatic rings. The molecule has 0 radical (unpaired) electrons. The summed E-state index contributed by atoms with van der Waals surface area (Å²) in [7, 11) is 1.59. The quantitative estimate of drug-likeness (QED) is 0.423. The molecule has 1 saturated heterocycles. The summed E-state index contributed by atoms with van der Waals surface area (Å²) in [6.45, 7) is 6.02. The van der Waals surface area contributed by atoms with Gasteiger partial charge < -0.3 is 20.7 Å². The molecule has 3 N–H and O–H groups in total. The van der Waals surface area contributed by atoms with Crippen LogP contribution in [0.3, 0.4) is 0 Å². The van der Waals surface area contributed by atoms with E-state index in [-0.39, 0.29) is 0 Å². The van der Waals surface area contributed by atoms with Crippen molar-refractivity contribution in [3.63, 3.8) is 0 Å². The average Bonchev–Trinajstić information content (AvgIpc) is 2.72. The first-order chi connectivity index (χ1) is 13.7. The van der Waals surface area contributed by atoms with E-state index in [1.165, 1.54) is 5.69 Å². The fraction of sp³-hybridized carbons (Fsp3) is 0.381. The van der Waals surface area contributed by atoms with Crippen molar-refractivity contribution in [3.05, 3.63) is 53.6 Å². The van der Waals surface area contributed by atoms with Gasteiger partial charge in [0.05, 0.1) is 12.1 Å². The summed E-state index contributed by atoms with van der Waals surface area (Å²) < 4.78 is 5.14. The Labute approximate surface area is 171 Å². The number of rotatable bonds is 7. The van der Waals surface area contributed by atoms with E-state index in [0.717, 1.165) is 44.8 Å². The second-order valence-corrected chi connectivity index (χ2v) is 7.17. The average molecular weight is 402 g/mol. The van der Waals surface area contributed by atoms with Gasteiger partial charge in [-0.25, -0.2) is 0 Å². The Morgan fingerprint density at radius 1 is 1.14 bits per heavy atom. The molecular formula is C21H28ClN5O. The molecule has 1 fully saturated rings. The molecule has 0 aliphatic carbocycles. The first-order valence-electron chi connectivity index (χ1n) is 9.58. The zero-order chi connectivity index (χ0) is 19.8. The van der Waals surface area contributed by atoms with Crippen LogP contribution < -0.4 is 20.7 Å². The van der Waals surface area contributed by atoms with Gasteiger partial charge in [0, 0.05) is 50.6 Å². The van der Waals surface area contributed by atoms with E-state index in [1.54, 1.807) is 19.2 Å². The Kier molecular flexibility index (Phi) is 7.39. The summed E-state index contributed by atoms with van der Waals surface area (Å²) in [5.41, 5.74) is 8.08. The molecule has 7 heteroatoms. The molecule has 0 saturated carbocycles. The van der Waals surface area contributed by atoms with Crippen molar-refractivity contribution in [2.24, 2.45) is 10.7 Å². The molecule has 2 aromatic carbocycles. The summed E-state index contributed by atoms with van der Waals surface area (Å²) in [4.78, 5) is 9.34. The van der Waals surface area contributed by atoms with Crippen LogP contribution in [-0.2, 0) is 0 Å². The summed E-state index contributed by atoms with van der Waals surface area (Å²) >= 11 is 6.12. The molecule has 0 bridgehead atoms. The number of ether oxygens (including phenoxy) is 1. The summed E-state index contributed by atoms with van der Waals surface area (Å²) in [6.07, 6.45) is 0.983. The maximum atomic E-state index is 6.12. The third-order valence-electron chi connectivity index (χ3n) is 4.83. The maximum Gasteiger partial charge on any atom is 0.193 e. The molecule has 0 amide bonds. The highest BCUT2D eigenvalue weighted by Gasteiger charge is 2.16. The van der Waals surface area contributed by atoms with Crippen molar-refractivity contribution in [2.45, 2.75) is 6.42 Å². The molecule has 150 valence electrons. The first kappa shape index (κ1) is 20.3. The monoisotopic (exact) mass is 401 g/mol. The first-order valence-corrected chi connectivity index (χ1v) is 9.96. The number of hydrogen-bond donors (Lipinski definition) is 2. The molecule has 6 nitrogen and oxygen atoms in total. The van der Waals surface area contributed by atoms with Crippen molar-refractivity contribution in [2.75, 3.05) is 56.6 Å². The predicted octanol–water partition coefficient (Wildman–Crippen LogP) is 3.29. The van der Waals surface area contributed by atoms with Gasteiger partial charge in [0.1, 0.15) is 5.75 Å². The largest absolute Gasteiger partial charge is 0.495 e. The minimum Gasteiger partial charge on any atom is -0.495 e. The number of guanidine groups is 1. The van der Waals surface area contributed by atoms with Crippen molar-refractivity contribution in [1.29, 1.82) is 0 Å². The summed E-state index contributed by atoms with van der Waals surface area (Å²) in [5, 5.41) is 3.60. The third-order valence-corrected chi connectivity index (χ3v) is 5.13. The highest BCUT2D eigenvalue weighted by Crippen LogP contribution is 2.27. The van der Waals surface area contributed by atoms with Crippen molar-refractivity contribution >= 4 is 28.9 Å². The lowest BCUT2D eigenvalue weighted by Crippen LogP contribution is -2.46. The molecule has 0 aromatic heterocycles. The molecule has 0 atom stereocenters. The lowest BCUT2D eigenvalue weighted by Gasteiger charge is -2.36. The normalized spacial score (nSPS) is 15.5. The van der Waals surface area contributed by atoms with Crippen LogP contribution in [0.1, 0.15) is 6.42 Å². The Morgan fingerprint density at radius 3 is 2.57 bits per heavy atom. The molecule has 0 unspecified atom stereocenters. The van der Waals surface area contributed by atoms with Crippen LogP contribution in [0.4, 0.5) is 11.4 Å². The number of halogens is 1. The Hall–Kier alpha value is -2.44. The SMILES string of the molecule is COc1ccc(NC(N)=NCCCN2CCN(c3ccccc3)CC2)cc1Cl. The minimum atomic E-state index is 0.398. The summed E-state index contributed by atoms with van der Waals surface area (Å²) in [5.74, 6) is 1.03. The van der Waals surface area contributed by atoms with Crippen LogP contribution in [0.25, 0.3) is 0 Å². The number of benzene rings is 2. The van der Waals surface area contributed by atoms with Gasteiger partial charge in [-0.2, -0.15) is 0 Å². The Morgan fingerprint density at radius 2 is 1.89 bits per heavy atom. The topological polar surface area (TPSA) is 66.1 Å². The van der Waals surface area contributed by atoms with E-state index < -0.39 is 0 Å². The highest BCUT2D eigenvalue weighted by molar-refractivity contribution is 6.32. The van der Waals surface area contributed by atoms with E-state index >= 15 is 0 Å². The van der Waals surface area contributed by atoms with Crippen molar-refractivity contribution in [1.82, 2.24) is 4.90 Å². The van der Waals surface area contributed by atoms with E-state index in [1.807, 2.05) is 6.07 Å². The molecule has 1 heterocycles. The van der Waals surface area contributed by atoms with Gasteiger partial charge >= 0.3 is 0 Å². The molecular weight excluding hydrogens is 374 g/mol. The van der Waals surface area contributed by atoms with Crippen LogP contribution in [0.5, 0.6) is 5.75 Å². The standard InChI is InChI=1S/C21H28ClN5O/c1-28-20-9-8-17(16-19(20)22)25-21(23)24-10-5-11-26-12-14-27(15-13-26)18-6-3-2-4-7-18/h2-4,6-9,16H,5,10-15H2,1H3,(H3,23,24,25). The van der Waals surface area contributed by atoms with E-state index in [2.05, 4.69) is 50.4 Å². The fourth-order valence-electron chi connectivity index (χ4n) is 3.29. The molecule has 1 aliphatic rings. The van der Waals surface area contributed by atoms with Crippen LogP contribution >= 0.6 is 11.6 Å². The number of para-hydroxylation sites is 1. The van der Waals surface area contributed by atoms with E-state index in [4.69, 9.17) is 22.1 Å². The molecule has 1 aliphatic heterocycles. The number of piperazine rings is 1. The van der Waals surface area contributed by atoms with Gasteiger partial charge in [0.25, 0.3) is 0 Å². The Balaban J connectivity index is 1.36. The lowest BCUT2D eigenvalue weighted by molar-refractivity contribution is 0.256. The summed E-state index contributed by atoms with van der Waals surface area (Å²) in [6, 6.07) is 16.0. The third kappa shape index (κ3) is 5.78. The smallest absolute Gasteiger partial charge is 0.193 e. The number of aliphatic imine (C=N–C) groups is 1. The van der Waals surface area contributed by atoms with Crippen LogP contribution in [-0.4, -0.2) is 57.2 Å². The zero-order valence-electron chi connectivity index (χ0n) is 16.3. The number of hydrogen-bond acceptors (Lipinski definition) is 4. The number of nitrogens with two attached hydrogens (primary N) is 1. The van der Waals surface area contributed by atoms with Crippen LogP contribution in [0.15, 0.2) is 53.5 Å². The predicted molar refractivity (Wildman–Crippen MR) is 118 cm³/mol. The Bertz CT molecular complexity index is 776. The van der Waals surface area contributed by atoms with E-state index in [0.29, 0.717) is 23.3 Å². The second kappa shape index (κ2) is 10.2. The number of methoxy groups -OCH3 is 1. The van der Waals surface area contributed by atoms with Crippen LogP contribution in [0.2, 0.25) is 5.02 Å². The maximum absolute atomic E-state index is 6.12. The van der Waals surface area contributed by atoms with Crippen LogP contribution in [0, 0.1) is 0 Å². The number of nitrogens with one attached hydrogen (secondary N) is 1. The van der Waals surface area contributed by atoms with Gasteiger partial charge in [0.2, 0.25) is 0 Å². The molecule has 0 spiro atoms. The van der Waals surface area contributed by atoms with Crippen molar-refractivity contribution in [3.8, 4) is 5.75 Å². The molecule has 3 rings (SSSR count). The minimum absolute atomic E-state index is 0.398. The van der Waals surface area contributed by atoms with Gasteiger partial charge in [-0.05, 0) is 36.8 Å². The fourth-order valence-corrected chi connectivity index (χ4v) is 3.55. The van der Waals surface area contributed by atoms with Crippen molar-refractivity contribution < 1.29 is 4.74 Å². The van der Waals surface area contributed by atoms with Gasteiger partial charge in [-0.15, -0.1) is 0 Å². The van der Waals surface area contributed by atoms with Gasteiger partial charge in [0.15, 0.2) is 5.96 Å². The van der Waals surface area contributed by atoms with Gasteiger partial charge in [-0.3, -0.25) is 9.89 Å². The number of nitrogens with zero attached hydrogens (tertiary/aromatic N) is 3. The highest BCUT2D eigenvalue weighted by atomic mass is 35.5. The lowest BCUT2D eigenvalue weighted by atomic mass is 10.2. The van der Waals surface area contributed by atoms with E-state index in [9.17, 15) is 0 Å². The molecule has 28 heavy (non-hydrogen) atoms. The van der Waals surface area contributed by atoms with Gasteiger partial charge in [-0.1, -0.05) is 29.8 Å². The number of anilines is 2. The second-order valence-electron chi connectivity index (χ2n) is 6.76.